The van der Waals surface area contributed by atoms with Gasteiger partial charge < -0.3 is 4.90 Å². The Kier molecular flexibility index (Phi) is 5.31. The smallest absolute Gasteiger partial charge is 0.164 e. The van der Waals surface area contributed by atoms with Crippen LogP contribution in [0.5, 0.6) is 0 Å². The highest BCUT2D eigenvalue weighted by molar-refractivity contribution is 9.10. The normalized spacial score (nSPS) is 23.0. The molecule has 0 unspecified atom stereocenters. The van der Waals surface area contributed by atoms with E-state index in [1.807, 2.05) is 0 Å². The Morgan fingerprint density at radius 1 is 1.18 bits per heavy atom. The van der Waals surface area contributed by atoms with Crippen LogP contribution in [0.4, 0.5) is 10.1 Å². The van der Waals surface area contributed by atoms with E-state index in [1.54, 1.807) is 17.0 Å². The number of sulfone groups is 1. The van der Waals surface area contributed by atoms with Crippen molar-refractivity contribution in [3.8, 4) is 0 Å². The first-order valence-electron chi connectivity index (χ1n) is 8.95. The molecule has 2 aliphatic rings. The van der Waals surface area contributed by atoms with Crippen LogP contribution < -0.4 is 4.90 Å². The van der Waals surface area contributed by atoms with Crippen molar-refractivity contribution in [2.75, 3.05) is 16.4 Å². The maximum absolute atomic E-state index is 14.7. The van der Waals surface area contributed by atoms with E-state index in [-0.39, 0.29) is 29.4 Å². The first-order valence-corrected chi connectivity index (χ1v) is 12.5. The fourth-order valence-electron chi connectivity index (χ4n) is 3.63. The SMILES string of the molecule is Cc1ccc(CSC2=N[C@@H]3CS(=O)(=O)C[C@@H]3N2c2ccc(Br)cc2F)cc1C. The van der Waals surface area contributed by atoms with Gasteiger partial charge in [0.2, 0.25) is 0 Å². The molecule has 2 aromatic carbocycles. The van der Waals surface area contributed by atoms with E-state index in [4.69, 9.17) is 0 Å². The van der Waals surface area contributed by atoms with E-state index in [9.17, 15) is 12.8 Å². The molecule has 1 fully saturated rings. The summed E-state index contributed by atoms with van der Waals surface area (Å²) in [6.07, 6.45) is 0. The van der Waals surface area contributed by atoms with E-state index in [1.165, 1.54) is 29.0 Å². The second kappa shape index (κ2) is 7.46. The van der Waals surface area contributed by atoms with Gasteiger partial charge in [-0.15, -0.1) is 0 Å². The summed E-state index contributed by atoms with van der Waals surface area (Å²) in [4.78, 5) is 6.45. The van der Waals surface area contributed by atoms with Crippen LogP contribution in [-0.2, 0) is 15.6 Å². The van der Waals surface area contributed by atoms with Crippen LogP contribution in [0.3, 0.4) is 0 Å². The van der Waals surface area contributed by atoms with Crippen LogP contribution in [-0.4, -0.2) is 37.2 Å². The highest BCUT2D eigenvalue weighted by Gasteiger charge is 2.47. The van der Waals surface area contributed by atoms with Crippen molar-refractivity contribution in [1.29, 1.82) is 0 Å². The molecule has 8 heteroatoms. The van der Waals surface area contributed by atoms with Crippen molar-refractivity contribution in [3.05, 3.63) is 63.4 Å². The van der Waals surface area contributed by atoms with Crippen LogP contribution in [0.25, 0.3) is 0 Å². The molecule has 0 radical (unpaired) electrons. The summed E-state index contributed by atoms with van der Waals surface area (Å²) in [5, 5.41) is 0.685. The van der Waals surface area contributed by atoms with Crippen LogP contribution in [0.15, 0.2) is 45.9 Å². The summed E-state index contributed by atoms with van der Waals surface area (Å²) in [6.45, 7) is 4.16. The Balaban J connectivity index is 1.64. The summed E-state index contributed by atoms with van der Waals surface area (Å²) in [7, 11) is -3.16. The zero-order valence-electron chi connectivity index (χ0n) is 15.5. The number of fused-ring (bicyclic) bond motifs is 1. The minimum absolute atomic E-state index is 0.00434. The maximum atomic E-state index is 14.7. The highest BCUT2D eigenvalue weighted by Crippen LogP contribution is 2.37. The van der Waals surface area contributed by atoms with Crippen molar-refractivity contribution in [2.45, 2.75) is 31.7 Å². The summed E-state index contributed by atoms with van der Waals surface area (Å²) in [6, 6.07) is 10.5. The molecule has 0 saturated carbocycles. The molecule has 0 aliphatic carbocycles. The van der Waals surface area contributed by atoms with Gasteiger partial charge in [-0.2, -0.15) is 0 Å². The zero-order valence-corrected chi connectivity index (χ0v) is 18.7. The zero-order chi connectivity index (χ0) is 20.1. The predicted molar refractivity (Wildman–Crippen MR) is 117 cm³/mol. The van der Waals surface area contributed by atoms with Gasteiger partial charge >= 0.3 is 0 Å². The maximum Gasteiger partial charge on any atom is 0.164 e. The lowest BCUT2D eigenvalue weighted by molar-refractivity contribution is 0.600. The number of hydrogen-bond acceptors (Lipinski definition) is 5. The average Bonchev–Trinajstić information content (AvgIpc) is 3.08. The Hall–Kier alpha value is -1.38. The van der Waals surface area contributed by atoms with Crippen molar-refractivity contribution < 1.29 is 12.8 Å². The first-order chi connectivity index (χ1) is 13.2. The standard InChI is InChI=1S/C20H20BrFN2O2S2/c1-12-3-4-14(7-13(12)2)9-27-20-23-17-10-28(25,26)11-19(17)24(20)18-6-5-15(21)8-16(18)22/h3-8,17,19H,9-11H2,1-2H3/t17-,19+/m1/s1. The average molecular weight is 483 g/mol. The molecule has 148 valence electrons. The molecule has 2 aromatic rings. The number of anilines is 1. The largest absolute Gasteiger partial charge is 0.312 e. The number of nitrogens with zero attached hydrogens (tertiary/aromatic N) is 2. The lowest BCUT2D eigenvalue weighted by Gasteiger charge is -2.27. The van der Waals surface area contributed by atoms with Gasteiger partial charge in [-0.05, 0) is 48.7 Å². The van der Waals surface area contributed by atoms with Crippen LogP contribution in [0, 0.1) is 19.7 Å². The molecule has 2 atom stereocenters. The molecule has 28 heavy (non-hydrogen) atoms. The predicted octanol–water partition coefficient (Wildman–Crippen LogP) is 4.48. The number of benzene rings is 2. The number of aliphatic imine (C=N–C) groups is 1. The Morgan fingerprint density at radius 3 is 2.68 bits per heavy atom. The lowest BCUT2D eigenvalue weighted by atomic mass is 10.1. The third kappa shape index (κ3) is 3.86. The monoisotopic (exact) mass is 482 g/mol. The molecule has 1 saturated heterocycles. The number of rotatable bonds is 3. The fraction of sp³-hybridized carbons (Fsp3) is 0.350. The van der Waals surface area contributed by atoms with Gasteiger partial charge in [-0.3, -0.25) is 4.99 Å². The molecule has 0 amide bonds. The molecule has 4 nitrogen and oxygen atoms in total. The topological polar surface area (TPSA) is 49.7 Å². The molecule has 0 N–H and O–H groups in total. The third-order valence-corrected chi connectivity index (χ3v) is 8.45. The van der Waals surface area contributed by atoms with Crippen molar-refractivity contribution in [2.24, 2.45) is 4.99 Å². The van der Waals surface area contributed by atoms with E-state index >= 15 is 0 Å². The number of amidine groups is 1. The number of hydrogen-bond donors (Lipinski definition) is 0. The second-order valence-corrected chi connectivity index (χ2v) is 11.3. The summed E-state index contributed by atoms with van der Waals surface area (Å²) in [5.74, 6) is 0.337. The van der Waals surface area contributed by atoms with Gasteiger partial charge in [0, 0.05) is 10.2 Å². The number of halogens is 2. The Morgan fingerprint density at radius 2 is 1.96 bits per heavy atom. The van der Waals surface area contributed by atoms with Gasteiger partial charge in [0.05, 0.1) is 29.3 Å². The third-order valence-electron chi connectivity index (χ3n) is 5.22. The van der Waals surface area contributed by atoms with Crippen LogP contribution in [0.1, 0.15) is 16.7 Å². The van der Waals surface area contributed by atoms with E-state index in [0.717, 1.165) is 5.56 Å². The van der Waals surface area contributed by atoms with Crippen molar-refractivity contribution >= 4 is 48.4 Å². The minimum atomic E-state index is -3.16. The fourth-order valence-corrected chi connectivity index (χ4v) is 6.87. The van der Waals surface area contributed by atoms with Gasteiger partial charge in [0.15, 0.2) is 15.0 Å². The Bertz CT molecular complexity index is 1070. The van der Waals surface area contributed by atoms with Gasteiger partial charge in [-0.25, -0.2) is 12.8 Å². The van der Waals surface area contributed by atoms with Crippen LogP contribution >= 0.6 is 27.7 Å². The summed E-state index contributed by atoms with van der Waals surface area (Å²) in [5.41, 5.74) is 4.01. The number of thioether (sulfide) groups is 1. The molecule has 4 rings (SSSR count). The van der Waals surface area contributed by atoms with Crippen molar-refractivity contribution in [1.82, 2.24) is 0 Å². The molecule has 0 spiro atoms. The molecule has 2 heterocycles. The summed E-state index contributed by atoms with van der Waals surface area (Å²) >= 11 is 4.81. The lowest BCUT2D eigenvalue weighted by Crippen LogP contribution is -2.39. The Labute approximate surface area is 177 Å². The van der Waals surface area contributed by atoms with E-state index in [0.29, 0.717) is 21.1 Å². The molecule has 0 aromatic heterocycles. The van der Waals surface area contributed by atoms with Gasteiger partial charge in [0.25, 0.3) is 0 Å². The van der Waals surface area contributed by atoms with Crippen LogP contribution in [0.2, 0.25) is 0 Å². The highest BCUT2D eigenvalue weighted by atomic mass is 79.9. The van der Waals surface area contributed by atoms with E-state index < -0.39 is 9.84 Å². The second-order valence-electron chi connectivity index (χ2n) is 7.30. The minimum Gasteiger partial charge on any atom is -0.312 e. The molecule has 0 bridgehead atoms. The molecular weight excluding hydrogens is 463 g/mol. The van der Waals surface area contributed by atoms with Crippen molar-refractivity contribution in [3.63, 3.8) is 0 Å². The summed E-state index contributed by atoms with van der Waals surface area (Å²) < 4.78 is 39.6. The van der Waals surface area contributed by atoms with Gasteiger partial charge in [-0.1, -0.05) is 45.9 Å². The number of aryl methyl sites for hydroxylation is 2. The molecular formula is C20H20BrFN2O2S2. The van der Waals surface area contributed by atoms with Gasteiger partial charge in [0.1, 0.15) is 5.82 Å². The quantitative estimate of drug-likeness (QED) is 0.646. The first kappa shape index (κ1) is 19.9. The van der Waals surface area contributed by atoms with E-state index in [2.05, 4.69) is 53.0 Å². The molecule has 2 aliphatic heterocycles.